The van der Waals surface area contributed by atoms with Crippen LogP contribution in [0.3, 0.4) is 0 Å². The Kier molecular flexibility index (Phi) is 0.981. The predicted molar refractivity (Wildman–Crippen MR) is 37.8 cm³/mol. The van der Waals surface area contributed by atoms with Crippen molar-refractivity contribution in [3.63, 3.8) is 0 Å². The molecule has 1 unspecified atom stereocenters. The molecule has 1 atom stereocenters. The van der Waals surface area contributed by atoms with Crippen LogP contribution in [0, 0.1) is 11.3 Å². The molecule has 1 nitrogen and oxygen atoms in total. The van der Waals surface area contributed by atoms with Crippen molar-refractivity contribution in [1.82, 2.24) is 0 Å². The quantitative estimate of drug-likeness (QED) is 0.514. The lowest BCUT2D eigenvalue weighted by molar-refractivity contribution is 0.575. The third-order valence-corrected chi connectivity index (χ3v) is 2.41. The normalized spacial score (nSPS) is 32.7. The van der Waals surface area contributed by atoms with Crippen LogP contribution in [0.25, 0.3) is 0 Å². The maximum absolute atomic E-state index is 7.41. The zero-order valence-electron chi connectivity index (χ0n) is 5.48. The molecule has 0 aliphatic heterocycles. The molecule has 0 aromatic heterocycles. The highest BCUT2D eigenvalue weighted by Gasteiger charge is 2.29. The number of allylic oxidation sites excluding steroid dienone is 2. The molecule has 0 amide bonds. The van der Waals surface area contributed by atoms with Gasteiger partial charge in [0.1, 0.15) is 0 Å². The van der Waals surface area contributed by atoms with Gasteiger partial charge in [0.2, 0.25) is 0 Å². The highest BCUT2D eigenvalue weighted by atomic mass is 14.5. The fourth-order valence-electron chi connectivity index (χ4n) is 1.47. The fraction of sp³-hybridized carbons (Fsp3) is 0.625. The maximum atomic E-state index is 7.41. The molecule has 1 heteroatoms. The standard InChI is InChI=1S/C8H11N/c9-8-5-4-7(8)6-2-1-3-6/h2,7,9H,1,3-5H2. The Morgan fingerprint density at radius 2 is 2.22 bits per heavy atom. The second-order valence-corrected chi connectivity index (χ2v) is 2.93. The van der Waals surface area contributed by atoms with Crippen molar-refractivity contribution < 1.29 is 0 Å². The summed E-state index contributed by atoms with van der Waals surface area (Å²) in [6, 6.07) is 0. The van der Waals surface area contributed by atoms with Gasteiger partial charge in [0.05, 0.1) is 0 Å². The van der Waals surface area contributed by atoms with Crippen LogP contribution in [0.15, 0.2) is 11.6 Å². The van der Waals surface area contributed by atoms with Crippen molar-refractivity contribution in [2.45, 2.75) is 25.7 Å². The van der Waals surface area contributed by atoms with Gasteiger partial charge in [-0.05, 0) is 25.7 Å². The number of rotatable bonds is 1. The van der Waals surface area contributed by atoms with Crippen LogP contribution >= 0.6 is 0 Å². The first kappa shape index (κ1) is 5.21. The number of nitrogens with one attached hydrogen (secondary N) is 1. The smallest absolute Gasteiger partial charge is 0.0179 e. The maximum Gasteiger partial charge on any atom is 0.0179 e. The third kappa shape index (κ3) is 0.640. The largest absolute Gasteiger partial charge is 0.309 e. The summed E-state index contributed by atoms with van der Waals surface area (Å²) in [6.45, 7) is 0. The lowest BCUT2D eigenvalue weighted by atomic mass is 9.73. The van der Waals surface area contributed by atoms with Crippen LogP contribution in [-0.4, -0.2) is 5.71 Å². The van der Waals surface area contributed by atoms with Gasteiger partial charge in [0.25, 0.3) is 0 Å². The molecule has 2 rings (SSSR count). The van der Waals surface area contributed by atoms with Crippen LogP contribution in [0.5, 0.6) is 0 Å². The first-order chi connectivity index (χ1) is 4.38. The summed E-state index contributed by atoms with van der Waals surface area (Å²) in [4.78, 5) is 0. The van der Waals surface area contributed by atoms with E-state index >= 15 is 0 Å². The van der Waals surface area contributed by atoms with E-state index in [0.717, 1.165) is 12.1 Å². The van der Waals surface area contributed by atoms with Gasteiger partial charge in [-0.3, -0.25) is 0 Å². The van der Waals surface area contributed by atoms with Crippen molar-refractivity contribution in [2.75, 3.05) is 0 Å². The van der Waals surface area contributed by atoms with Gasteiger partial charge in [0.15, 0.2) is 0 Å². The third-order valence-electron chi connectivity index (χ3n) is 2.41. The van der Waals surface area contributed by atoms with E-state index in [1.54, 1.807) is 5.57 Å². The van der Waals surface area contributed by atoms with Crippen LogP contribution in [0.2, 0.25) is 0 Å². The van der Waals surface area contributed by atoms with Crippen LogP contribution in [0.4, 0.5) is 0 Å². The summed E-state index contributed by atoms with van der Waals surface area (Å²) in [5.74, 6) is 0.596. The van der Waals surface area contributed by atoms with Gasteiger partial charge < -0.3 is 5.41 Å². The zero-order chi connectivity index (χ0) is 6.27. The molecule has 0 heterocycles. The lowest BCUT2D eigenvalue weighted by Crippen LogP contribution is -2.28. The Labute approximate surface area is 55.3 Å². The molecular weight excluding hydrogens is 110 g/mol. The van der Waals surface area contributed by atoms with Crippen molar-refractivity contribution in [1.29, 1.82) is 5.41 Å². The summed E-state index contributed by atoms with van der Waals surface area (Å²) < 4.78 is 0. The summed E-state index contributed by atoms with van der Waals surface area (Å²) >= 11 is 0. The molecule has 0 bridgehead atoms. The van der Waals surface area contributed by atoms with Gasteiger partial charge in [-0.25, -0.2) is 0 Å². The second-order valence-electron chi connectivity index (χ2n) is 2.93. The SMILES string of the molecule is N=C1CCC1C1=CCC1. The van der Waals surface area contributed by atoms with E-state index in [4.69, 9.17) is 5.41 Å². The highest BCUT2D eigenvalue weighted by molar-refractivity contribution is 5.91. The fourth-order valence-corrected chi connectivity index (χ4v) is 1.47. The van der Waals surface area contributed by atoms with Gasteiger partial charge >= 0.3 is 0 Å². The van der Waals surface area contributed by atoms with E-state index in [1.165, 1.54) is 19.3 Å². The molecule has 2 aliphatic carbocycles. The minimum Gasteiger partial charge on any atom is -0.309 e. The zero-order valence-corrected chi connectivity index (χ0v) is 5.48. The summed E-state index contributed by atoms with van der Waals surface area (Å²) in [7, 11) is 0. The van der Waals surface area contributed by atoms with Crippen LogP contribution < -0.4 is 0 Å². The number of hydrogen-bond acceptors (Lipinski definition) is 1. The summed E-state index contributed by atoms with van der Waals surface area (Å²) in [6.07, 6.45) is 7.14. The molecule has 0 aromatic carbocycles. The molecule has 9 heavy (non-hydrogen) atoms. The first-order valence-corrected chi connectivity index (χ1v) is 3.64. The highest BCUT2D eigenvalue weighted by Crippen LogP contribution is 2.36. The minimum absolute atomic E-state index is 0.596. The van der Waals surface area contributed by atoms with E-state index in [2.05, 4.69) is 6.08 Å². The van der Waals surface area contributed by atoms with Crippen molar-refractivity contribution >= 4 is 5.71 Å². The van der Waals surface area contributed by atoms with E-state index < -0.39 is 0 Å². The molecule has 1 fully saturated rings. The Morgan fingerprint density at radius 1 is 1.44 bits per heavy atom. The Bertz CT molecular complexity index is 179. The second kappa shape index (κ2) is 1.69. The molecule has 0 radical (unpaired) electrons. The van der Waals surface area contributed by atoms with Crippen LogP contribution in [0.1, 0.15) is 25.7 Å². The molecule has 48 valence electrons. The first-order valence-electron chi connectivity index (χ1n) is 3.64. The van der Waals surface area contributed by atoms with E-state index in [9.17, 15) is 0 Å². The topological polar surface area (TPSA) is 23.9 Å². The lowest BCUT2D eigenvalue weighted by Gasteiger charge is -2.32. The molecule has 2 aliphatic rings. The van der Waals surface area contributed by atoms with E-state index in [0.29, 0.717) is 5.92 Å². The molecular formula is C8H11N. The molecule has 0 saturated heterocycles. The average Bonchev–Trinajstić information content (AvgIpc) is 1.74. The number of hydrogen-bond donors (Lipinski definition) is 1. The van der Waals surface area contributed by atoms with Crippen molar-refractivity contribution in [2.24, 2.45) is 5.92 Å². The summed E-state index contributed by atoms with van der Waals surface area (Å²) in [5, 5.41) is 7.41. The minimum atomic E-state index is 0.596. The Hall–Kier alpha value is -0.590. The van der Waals surface area contributed by atoms with Gasteiger partial charge in [-0.2, -0.15) is 0 Å². The van der Waals surface area contributed by atoms with E-state index in [-0.39, 0.29) is 0 Å². The van der Waals surface area contributed by atoms with Crippen molar-refractivity contribution in [3.8, 4) is 0 Å². The van der Waals surface area contributed by atoms with Crippen LogP contribution in [-0.2, 0) is 0 Å². The monoisotopic (exact) mass is 121 g/mol. The molecule has 0 aromatic rings. The van der Waals surface area contributed by atoms with E-state index in [1.807, 2.05) is 0 Å². The molecule has 0 spiro atoms. The van der Waals surface area contributed by atoms with Gasteiger partial charge in [-0.15, -0.1) is 0 Å². The molecule has 1 saturated carbocycles. The van der Waals surface area contributed by atoms with Gasteiger partial charge in [-0.1, -0.05) is 11.6 Å². The van der Waals surface area contributed by atoms with Gasteiger partial charge in [0, 0.05) is 11.6 Å². The Balaban J connectivity index is 2.06. The Morgan fingerprint density at radius 3 is 2.33 bits per heavy atom. The summed E-state index contributed by atoms with van der Waals surface area (Å²) in [5.41, 5.74) is 2.52. The molecule has 1 N–H and O–H groups in total. The predicted octanol–water partition coefficient (Wildman–Crippen LogP) is 2.14. The van der Waals surface area contributed by atoms with Crippen molar-refractivity contribution in [3.05, 3.63) is 11.6 Å². The average molecular weight is 121 g/mol.